The predicted molar refractivity (Wildman–Crippen MR) is 90.9 cm³/mol. The quantitative estimate of drug-likeness (QED) is 0.496. The summed E-state index contributed by atoms with van der Waals surface area (Å²) in [6.07, 6.45) is 3.71. The first kappa shape index (κ1) is 17.0. The summed E-state index contributed by atoms with van der Waals surface area (Å²) in [4.78, 5) is 24.0. The molecular weight excluding hydrogens is 347 g/mol. The van der Waals surface area contributed by atoms with E-state index >= 15 is 0 Å². The SMILES string of the molecule is O=C(OC/C(=C\F)CCn1cnc2c(Cl)ncnc21)c1ccccc1. The van der Waals surface area contributed by atoms with Gasteiger partial charge in [-0.05, 0) is 24.1 Å². The minimum atomic E-state index is -0.493. The number of nitrogens with zero attached hydrogens (tertiary/aromatic N) is 4. The lowest BCUT2D eigenvalue weighted by Gasteiger charge is -2.08. The summed E-state index contributed by atoms with van der Waals surface area (Å²) in [7, 11) is 0. The van der Waals surface area contributed by atoms with E-state index in [0.717, 1.165) is 0 Å². The molecule has 0 bridgehead atoms. The third kappa shape index (κ3) is 4.00. The summed E-state index contributed by atoms with van der Waals surface area (Å²) in [5.74, 6) is -0.493. The topological polar surface area (TPSA) is 69.9 Å². The van der Waals surface area contributed by atoms with E-state index in [0.29, 0.717) is 41.6 Å². The zero-order valence-corrected chi connectivity index (χ0v) is 13.9. The Balaban J connectivity index is 1.59. The van der Waals surface area contributed by atoms with Crippen LogP contribution in [0, 0.1) is 0 Å². The molecule has 3 aromatic rings. The van der Waals surface area contributed by atoms with E-state index in [2.05, 4.69) is 15.0 Å². The van der Waals surface area contributed by atoms with Crippen molar-refractivity contribution in [2.75, 3.05) is 6.61 Å². The van der Waals surface area contributed by atoms with Crippen molar-refractivity contribution in [3.63, 3.8) is 0 Å². The van der Waals surface area contributed by atoms with Crippen molar-refractivity contribution in [2.45, 2.75) is 13.0 Å². The lowest BCUT2D eigenvalue weighted by Crippen LogP contribution is -2.09. The highest BCUT2D eigenvalue weighted by Crippen LogP contribution is 2.18. The summed E-state index contributed by atoms with van der Waals surface area (Å²) in [6.45, 7) is 0.301. The van der Waals surface area contributed by atoms with Crippen LogP contribution in [-0.4, -0.2) is 32.1 Å². The number of aryl methyl sites for hydroxylation is 1. The number of halogens is 2. The molecule has 128 valence electrons. The van der Waals surface area contributed by atoms with Gasteiger partial charge in [0.15, 0.2) is 10.8 Å². The second kappa shape index (κ2) is 7.85. The summed E-state index contributed by atoms with van der Waals surface area (Å²) in [6, 6.07) is 8.55. The molecule has 2 heterocycles. The lowest BCUT2D eigenvalue weighted by molar-refractivity contribution is 0.0536. The van der Waals surface area contributed by atoms with Gasteiger partial charge >= 0.3 is 5.97 Å². The zero-order chi connectivity index (χ0) is 17.6. The van der Waals surface area contributed by atoms with E-state index in [9.17, 15) is 9.18 Å². The molecular formula is C17H14ClFN4O2. The van der Waals surface area contributed by atoms with Crippen LogP contribution in [-0.2, 0) is 11.3 Å². The monoisotopic (exact) mass is 360 g/mol. The van der Waals surface area contributed by atoms with Crippen LogP contribution >= 0.6 is 11.6 Å². The number of aromatic nitrogens is 4. The van der Waals surface area contributed by atoms with Crippen molar-refractivity contribution in [3.8, 4) is 0 Å². The van der Waals surface area contributed by atoms with Crippen LogP contribution in [0.5, 0.6) is 0 Å². The maximum atomic E-state index is 13.1. The fourth-order valence-corrected chi connectivity index (χ4v) is 2.43. The highest BCUT2D eigenvalue weighted by Gasteiger charge is 2.11. The Hall–Kier alpha value is -2.80. The van der Waals surface area contributed by atoms with Gasteiger partial charge in [0.25, 0.3) is 0 Å². The number of esters is 1. The van der Waals surface area contributed by atoms with Crippen LogP contribution in [0.25, 0.3) is 11.2 Å². The van der Waals surface area contributed by atoms with E-state index in [1.54, 1.807) is 41.2 Å². The van der Waals surface area contributed by atoms with Gasteiger partial charge in [-0.3, -0.25) is 0 Å². The molecule has 0 N–H and O–H groups in total. The Morgan fingerprint density at radius 1 is 1.24 bits per heavy atom. The molecule has 0 aliphatic carbocycles. The van der Waals surface area contributed by atoms with Crippen LogP contribution in [0.15, 0.2) is 54.9 Å². The summed E-state index contributed by atoms with van der Waals surface area (Å²) in [5.41, 5.74) is 1.84. The number of hydrogen-bond acceptors (Lipinski definition) is 5. The van der Waals surface area contributed by atoms with Crippen LogP contribution in [0.4, 0.5) is 4.39 Å². The molecule has 0 saturated heterocycles. The highest BCUT2D eigenvalue weighted by molar-refractivity contribution is 6.33. The molecule has 0 aliphatic heterocycles. The summed E-state index contributed by atoms with van der Waals surface area (Å²) in [5, 5.41) is 0.266. The molecule has 0 unspecified atom stereocenters. The smallest absolute Gasteiger partial charge is 0.338 e. The number of fused-ring (bicyclic) bond motifs is 1. The van der Waals surface area contributed by atoms with Gasteiger partial charge in [-0.2, -0.15) is 0 Å². The second-order valence-electron chi connectivity index (χ2n) is 5.23. The Morgan fingerprint density at radius 3 is 2.80 bits per heavy atom. The Kier molecular flexibility index (Phi) is 5.35. The van der Waals surface area contributed by atoms with Crippen molar-refractivity contribution in [1.82, 2.24) is 19.5 Å². The minimum absolute atomic E-state index is 0.118. The largest absolute Gasteiger partial charge is 0.457 e. The predicted octanol–water partition coefficient (Wildman–Crippen LogP) is 3.58. The molecule has 8 heteroatoms. The van der Waals surface area contributed by atoms with E-state index in [4.69, 9.17) is 16.3 Å². The molecule has 0 atom stereocenters. The number of rotatable bonds is 6. The standard InChI is InChI=1S/C17H14ClFN4O2/c18-15-14-16(21-10-20-15)23(11-22-14)7-6-12(8-19)9-25-17(24)13-4-2-1-3-5-13/h1-5,8,10-11H,6-7,9H2/b12-8-. The normalized spacial score (nSPS) is 11.7. The number of carbonyl (C=O) groups excluding carboxylic acids is 1. The second-order valence-corrected chi connectivity index (χ2v) is 5.59. The van der Waals surface area contributed by atoms with Gasteiger partial charge in [0.2, 0.25) is 0 Å². The van der Waals surface area contributed by atoms with Crippen LogP contribution < -0.4 is 0 Å². The molecule has 2 aromatic heterocycles. The van der Waals surface area contributed by atoms with Crippen molar-refractivity contribution < 1.29 is 13.9 Å². The average molecular weight is 361 g/mol. The third-order valence-electron chi connectivity index (χ3n) is 3.58. The van der Waals surface area contributed by atoms with Crippen LogP contribution in [0.3, 0.4) is 0 Å². The minimum Gasteiger partial charge on any atom is -0.457 e. The number of benzene rings is 1. The number of imidazole rings is 1. The molecule has 0 amide bonds. The zero-order valence-electron chi connectivity index (χ0n) is 13.1. The van der Waals surface area contributed by atoms with Gasteiger partial charge in [0.05, 0.1) is 18.2 Å². The maximum absolute atomic E-state index is 13.1. The molecule has 6 nitrogen and oxygen atoms in total. The van der Waals surface area contributed by atoms with Gasteiger partial charge in [0.1, 0.15) is 18.5 Å². The van der Waals surface area contributed by atoms with Gasteiger partial charge in [-0.1, -0.05) is 29.8 Å². The number of carbonyl (C=O) groups is 1. The van der Waals surface area contributed by atoms with Gasteiger partial charge in [-0.25, -0.2) is 24.1 Å². The van der Waals surface area contributed by atoms with Gasteiger partial charge in [0, 0.05) is 6.54 Å². The summed E-state index contributed by atoms with van der Waals surface area (Å²) < 4.78 is 20.0. The molecule has 25 heavy (non-hydrogen) atoms. The Bertz CT molecular complexity index is 911. The molecule has 1 aromatic carbocycles. The molecule has 3 rings (SSSR count). The molecule has 0 fully saturated rings. The Labute approximate surface area is 147 Å². The molecule has 0 saturated carbocycles. The number of ether oxygens (including phenoxy) is 1. The van der Waals surface area contributed by atoms with Crippen molar-refractivity contribution >= 4 is 28.7 Å². The molecule has 0 radical (unpaired) electrons. The molecule has 0 aliphatic rings. The van der Waals surface area contributed by atoms with E-state index in [1.165, 1.54) is 6.33 Å². The van der Waals surface area contributed by atoms with Crippen LogP contribution in [0.1, 0.15) is 16.8 Å². The first-order valence-electron chi connectivity index (χ1n) is 7.50. The van der Waals surface area contributed by atoms with Gasteiger partial charge < -0.3 is 9.30 Å². The summed E-state index contributed by atoms with van der Waals surface area (Å²) >= 11 is 5.95. The van der Waals surface area contributed by atoms with Crippen molar-refractivity contribution in [3.05, 3.63) is 65.6 Å². The fourth-order valence-electron chi connectivity index (χ4n) is 2.25. The number of hydrogen-bond donors (Lipinski definition) is 0. The van der Waals surface area contributed by atoms with Gasteiger partial charge in [-0.15, -0.1) is 0 Å². The van der Waals surface area contributed by atoms with E-state index in [-0.39, 0.29) is 11.8 Å². The van der Waals surface area contributed by atoms with Crippen molar-refractivity contribution in [2.24, 2.45) is 0 Å². The lowest BCUT2D eigenvalue weighted by atomic mass is 10.2. The van der Waals surface area contributed by atoms with E-state index in [1.807, 2.05) is 0 Å². The highest BCUT2D eigenvalue weighted by atomic mass is 35.5. The fraction of sp³-hybridized carbons (Fsp3) is 0.176. The Morgan fingerprint density at radius 2 is 2.04 bits per heavy atom. The van der Waals surface area contributed by atoms with Crippen molar-refractivity contribution in [1.29, 1.82) is 0 Å². The molecule has 0 spiro atoms. The van der Waals surface area contributed by atoms with E-state index < -0.39 is 5.97 Å². The van der Waals surface area contributed by atoms with Crippen LogP contribution in [0.2, 0.25) is 5.15 Å². The first-order valence-corrected chi connectivity index (χ1v) is 7.88. The third-order valence-corrected chi connectivity index (χ3v) is 3.86. The average Bonchev–Trinajstić information content (AvgIpc) is 3.07. The maximum Gasteiger partial charge on any atom is 0.338 e. The first-order chi connectivity index (χ1) is 12.2.